The lowest BCUT2D eigenvalue weighted by molar-refractivity contribution is -0.137. The lowest BCUT2D eigenvalue weighted by Crippen LogP contribution is -2.35. The highest BCUT2D eigenvalue weighted by molar-refractivity contribution is 6.31. The van der Waals surface area contributed by atoms with Crippen LogP contribution in [0, 0.1) is 0 Å². The third kappa shape index (κ3) is 3.73. The smallest absolute Gasteiger partial charge is 0.416 e. The molecule has 0 spiro atoms. The number of carbonyl (C=O) groups excluding carboxylic acids is 3. The van der Waals surface area contributed by atoms with E-state index in [1.54, 1.807) is 0 Å². The van der Waals surface area contributed by atoms with Gasteiger partial charge in [-0.25, -0.2) is 9.80 Å². The molecule has 2 aromatic rings. The number of alkyl halides is 3. The van der Waals surface area contributed by atoms with Gasteiger partial charge < -0.3 is 4.74 Å². The minimum atomic E-state index is -4.58. The van der Waals surface area contributed by atoms with Crippen molar-refractivity contribution in [3.8, 4) is 0 Å². The van der Waals surface area contributed by atoms with Crippen LogP contribution in [0.25, 0.3) is 6.08 Å². The van der Waals surface area contributed by atoms with Gasteiger partial charge in [-0.3, -0.25) is 15.0 Å². The fourth-order valence-electron chi connectivity index (χ4n) is 2.56. The minimum Gasteiger partial charge on any atom is -0.465 e. The average molecular weight is 390 g/mol. The molecule has 0 atom stereocenters. The molecule has 1 saturated heterocycles. The molecular formula is C19H13F3N2O4. The molecule has 0 aliphatic carbocycles. The number of benzene rings is 2. The van der Waals surface area contributed by atoms with Crippen LogP contribution in [-0.2, 0) is 20.5 Å². The first kappa shape index (κ1) is 19.2. The number of methoxy groups -OCH3 is 1. The number of hydrogen-bond acceptors (Lipinski definition) is 4. The SMILES string of the molecule is COC(=O)c1ccc(C=C2C(=O)NN(c3cccc(C(F)(F)F)c3)C2=O)cc1. The largest absolute Gasteiger partial charge is 0.465 e. The van der Waals surface area contributed by atoms with Gasteiger partial charge >= 0.3 is 12.1 Å². The Kier molecular flexibility index (Phi) is 4.91. The predicted molar refractivity (Wildman–Crippen MR) is 92.8 cm³/mol. The van der Waals surface area contributed by atoms with Crippen LogP contribution in [0.2, 0.25) is 0 Å². The summed E-state index contributed by atoms with van der Waals surface area (Å²) >= 11 is 0. The molecule has 1 N–H and O–H groups in total. The summed E-state index contributed by atoms with van der Waals surface area (Å²) < 4.78 is 43.2. The second kappa shape index (κ2) is 7.18. The van der Waals surface area contributed by atoms with Crippen LogP contribution in [0.1, 0.15) is 21.5 Å². The summed E-state index contributed by atoms with van der Waals surface area (Å²) in [5.41, 5.74) is 1.69. The third-order valence-corrected chi connectivity index (χ3v) is 3.97. The van der Waals surface area contributed by atoms with Crippen molar-refractivity contribution in [3.63, 3.8) is 0 Å². The molecule has 9 heteroatoms. The van der Waals surface area contributed by atoms with Crippen molar-refractivity contribution in [3.05, 3.63) is 70.8 Å². The van der Waals surface area contributed by atoms with Gasteiger partial charge in [0.05, 0.1) is 23.9 Å². The van der Waals surface area contributed by atoms with E-state index >= 15 is 0 Å². The number of anilines is 1. The molecule has 2 amide bonds. The molecule has 2 aromatic carbocycles. The molecule has 144 valence electrons. The monoisotopic (exact) mass is 390 g/mol. The topological polar surface area (TPSA) is 75.7 Å². The van der Waals surface area contributed by atoms with Gasteiger partial charge in [-0.05, 0) is 42.0 Å². The van der Waals surface area contributed by atoms with E-state index in [1.807, 2.05) is 0 Å². The lowest BCUT2D eigenvalue weighted by atomic mass is 10.1. The van der Waals surface area contributed by atoms with Crippen molar-refractivity contribution in [2.75, 3.05) is 12.1 Å². The Morgan fingerprint density at radius 3 is 2.39 bits per heavy atom. The van der Waals surface area contributed by atoms with E-state index in [0.29, 0.717) is 5.56 Å². The number of hydrogen-bond donors (Lipinski definition) is 1. The number of rotatable bonds is 3. The van der Waals surface area contributed by atoms with E-state index in [-0.39, 0.29) is 16.8 Å². The zero-order valence-electron chi connectivity index (χ0n) is 14.4. The number of nitrogens with one attached hydrogen (secondary N) is 1. The van der Waals surface area contributed by atoms with Crippen molar-refractivity contribution in [2.24, 2.45) is 0 Å². The van der Waals surface area contributed by atoms with Crippen LogP contribution >= 0.6 is 0 Å². The molecule has 0 saturated carbocycles. The first-order valence-corrected chi connectivity index (χ1v) is 7.93. The molecule has 0 unspecified atom stereocenters. The summed E-state index contributed by atoms with van der Waals surface area (Å²) in [4.78, 5) is 36.1. The number of nitrogens with zero attached hydrogens (tertiary/aromatic N) is 1. The van der Waals surface area contributed by atoms with E-state index in [0.717, 1.165) is 23.2 Å². The molecule has 1 aliphatic heterocycles. The zero-order chi connectivity index (χ0) is 20.5. The number of amides is 2. The first-order chi connectivity index (χ1) is 13.2. The fraction of sp³-hybridized carbons (Fsp3) is 0.105. The van der Waals surface area contributed by atoms with E-state index in [2.05, 4.69) is 10.2 Å². The van der Waals surface area contributed by atoms with Gasteiger partial charge in [-0.2, -0.15) is 13.2 Å². The Morgan fingerprint density at radius 1 is 1.11 bits per heavy atom. The van der Waals surface area contributed by atoms with Crippen LogP contribution in [0.15, 0.2) is 54.1 Å². The number of halogens is 3. The van der Waals surface area contributed by atoms with Gasteiger partial charge in [0.25, 0.3) is 11.8 Å². The maximum absolute atomic E-state index is 12.9. The fourth-order valence-corrected chi connectivity index (χ4v) is 2.56. The molecule has 0 radical (unpaired) electrons. The van der Waals surface area contributed by atoms with Crippen molar-refractivity contribution in [2.45, 2.75) is 6.18 Å². The zero-order valence-corrected chi connectivity index (χ0v) is 14.4. The standard InChI is InChI=1S/C19H13F3N2O4/c1-28-18(27)12-7-5-11(6-8-12)9-15-16(25)23-24(17(15)26)14-4-2-3-13(10-14)19(20,21)22/h2-10H,1H3,(H,23,25). The van der Waals surface area contributed by atoms with Crippen molar-refractivity contribution in [1.82, 2.24) is 5.43 Å². The quantitative estimate of drug-likeness (QED) is 0.497. The Morgan fingerprint density at radius 2 is 1.79 bits per heavy atom. The normalized spacial score (nSPS) is 15.7. The molecule has 1 fully saturated rings. The van der Waals surface area contributed by atoms with Crippen LogP contribution in [0.5, 0.6) is 0 Å². The van der Waals surface area contributed by atoms with Crippen molar-refractivity contribution >= 4 is 29.5 Å². The summed E-state index contributed by atoms with van der Waals surface area (Å²) in [7, 11) is 1.24. The summed E-state index contributed by atoms with van der Waals surface area (Å²) in [5, 5.41) is 0.756. The molecule has 1 heterocycles. The Hall–Kier alpha value is -3.62. The number of hydrazine groups is 1. The van der Waals surface area contributed by atoms with Gasteiger partial charge in [0.15, 0.2) is 0 Å². The average Bonchev–Trinajstić information content (AvgIpc) is 2.95. The maximum Gasteiger partial charge on any atom is 0.416 e. The Labute approximate surface area is 157 Å². The summed E-state index contributed by atoms with van der Waals surface area (Å²) in [5.74, 6) is -2.08. The van der Waals surface area contributed by atoms with Crippen molar-refractivity contribution < 1.29 is 32.3 Å². The molecular weight excluding hydrogens is 377 g/mol. The summed E-state index contributed by atoms with van der Waals surface area (Å²) in [6.45, 7) is 0. The minimum absolute atomic E-state index is 0.113. The van der Waals surface area contributed by atoms with Crippen molar-refractivity contribution in [1.29, 1.82) is 0 Å². The van der Waals surface area contributed by atoms with Crippen LogP contribution in [-0.4, -0.2) is 24.9 Å². The van der Waals surface area contributed by atoms with Crippen LogP contribution in [0.4, 0.5) is 18.9 Å². The third-order valence-electron chi connectivity index (χ3n) is 3.97. The summed E-state index contributed by atoms with van der Waals surface area (Å²) in [6, 6.07) is 9.99. The van der Waals surface area contributed by atoms with E-state index < -0.39 is 29.5 Å². The Balaban J connectivity index is 1.88. The highest BCUT2D eigenvalue weighted by Gasteiger charge is 2.36. The molecule has 3 rings (SSSR count). The van der Waals surface area contributed by atoms with E-state index in [4.69, 9.17) is 0 Å². The van der Waals surface area contributed by atoms with Gasteiger partial charge in [0.2, 0.25) is 0 Å². The van der Waals surface area contributed by atoms with E-state index in [9.17, 15) is 27.6 Å². The van der Waals surface area contributed by atoms with Crippen LogP contribution < -0.4 is 10.4 Å². The molecule has 6 nitrogen and oxygen atoms in total. The van der Waals surface area contributed by atoms with Gasteiger partial charge in [0, 0.05) is 0 Å². The molecule has 1 aliphatic rings. The molecule has 0 aromatic heterocycles. The second-order valence-electron chi connectivity index (χ2n) is 5.80. The van der Waals surface area contributed by atoms with E-state index in [1.165, 1.54) is 43.5 Å². The Bertz CT molecular complexity index is 981. The number of ether oxygens (including phenoxy) is 1. The highest BCUT2D eigenvalue weighted by atomic mass is 19.4. The molecule has 28 heavy (non-hydrogen) atoms. The lowest BCUT2D eigenvalue weighted by Gasteiger charge is -2.16. The molecule has 0 bridgehead atoms. The number of carbonyl (C=O) groups is 3. The van der Waals surface area contributed by atoms with Gasteiger partial charge in [0.1, 0.15) is 5.57 Å². The van der Waals surface area contributed by atoms with Gasteiger partial charge in [-0.1, -0.05) is 18.2 Å². The van der Waals surface area contributed by atoms with Gasteiger partial charge in [-0.15, -0.1) is 0 Å². The predicted octanol–water partition coefficient (Wildman–Crippen LogP) is 2.95. The maximum atomic E-state index is 12.9. The summed E-state index contributed by atoms with van der Waals surface area (Å²) in [6.07, 6.45) is -3.30. The first-order valence-electron chi connectivity index (χ1n) is 7.93. The second-order valence-corrected chi connectivity index (χ2v) is 5.80. The number of esters is 1. The highest BCUT2D eigenvalue weighted by Crippen LogP contribution is 2.32. The van der Waals surface area contributed by atoms with Crippen LogP contribution in [0.3, 0.4) is 0 Å².